The van der Waals surface area contributed by atoms with Crippen LogP contribution in [-0.4, -0.2) is 5.16 Å². The topological polar surface area (TPSA) is 26.0 Å². The molecule has 1 heterocycles. The molecule has 1 aliphatic rings. The van der Waals surface area contributed by atoms with Crippen molar-refractivity contribution in [3.05, 3.63) is 17.0 Å². The summed E-state index contributed by atoms with van der Waals surface area (Å²) in [5, 5.41) is 4.15. The Labute approximate surface area is 111 Å². The highest BCUT2D eigenvalue weighted by Gasteiger charge is 2.32. The Morgan fingerprint density at radius 2 is 1.78 bits per heavy atom. The summed E-state index contributed by atoms with van der Waals surface area (Å²) in [7, 11) is 0. The fraction of sp³-hybridized carbons (Fsp3) is 0.812. The summed E-state index contributed by atoms with van der Waals surface area (Å²) < 4.78 is 5.39. The summed E-state index contributed by atoms with van der Waals surface area (Å²) in [4.78, 5) is 0. The van der Waals surface area contributed by atoms with E-state index in [1.165, 1.54) is 50.5 Å². The molecule has 1 aromatic heterocycles. The van der Waals surface area contributed by atoms with Crippen LogP contribution in [-0.2, 0) is 5.41 Å². The van der Waals surface area contributed by atoms with Gasteiger partial charge in [-0.25, -0.2) is 0 Å². The molecule has 1 aromatic rings. The fourth-order valence-electron chi connectivity index (χ4n) is 3.71. The van der Waals surface area contributed by atoms with Crippen molar-refractivity contribution in [3.8, 4) is 0 Å². The summed E-state index contributed by atoms with van der Waals surface area (Å²) in [5.41, 5.74) is 2.76. The number of rotatable bonds is 1. The van der Waals surface area contributed by atoms with E-state index >= 15 is 0 Å². The highest BCUT2D eigenvalue weighted by molar-refractivity contribution is 5.30. The van der Waals surface area contributed by atoms with Crippen molar-refractivity contribution in [1.29, 1.82) is 0 Å². The molecular weight excluding hydrogens is 222 g/mol. The predicted octanol–water partition coefficient (Wildman–Crippen LogP) is 4.93. The second kappa shape index (κ2) is 5.46. The molecule has 2 atom stereocenters. The molecule has 0 bridgehead atoms. The number of nitrogens with zero attached hydrogens (tertiary/aromatic N) is 1. The smallest absolute Gasteiger partial charge is 0.137 e. The van der Waals surface area contributed by atoms with Gasteiger partial charge in [-0.2, -0.15) is 0 Å². The molecule has 0 aliphatic heterocycles. The van der Waals surface area contributed by atoms with Crippen LogP contribution in [0, 0.1) is 19.8 Å². The Morgan fingerprint density at radius 3 is 2.44 bits per heavy atom. The lowest BCUT2D eigenvalue weighted by atomic mass is 9.74. The summed E-state index contributed by atoms with van der Waals surface area (Å²) in [5.74, 6) is 1.93. The molecule has 2 nitrogen and oxygen atoms in total. The number of hydrogen-bond donors (Lipinski definition) is 0. The van der Waals surface area contributed by atoms with E-state index in [0.717, 1.165) is 17.4 Å². The highest BCUT2D eigenvalue weighted by atomic mass is 16.5. The van der Waals surface area contributed by atoms with Gasteiger partial charge in [0.15, 0.2) is 0 Å². The maximum Gasteiger partial charge on any atom is 0.137 e. The predicted molar refractivity (Wildman–Crippen MR) is 74.8 cm³/mol. The van der Waals surface area contributed by atoms with Crippen molar-refractivity contribution in [2.24, 2.45) is 5.92 Å². The fourth-order valence-corrected chi connectivity index (χ4v) is 3.71. The van der Waals surface area contributed by atoms with Crippen molar-refractivity contribution < 1.29 is 4.52 Å². The van der Waals surface area contributed by atoms with Gasteiger partial charge in [0.05, 0.1) is 5.69 Å². The van der Waals surface area contributed by atoms with Crippen LogP contribution in [0.25, 0.3) is 0 Å². The van der Waals surface area contributed by atoms with E-state index < -0.39 is 0 Å². The van der Waals surface area contributed by atoms with Crippen LogP contribution in [0.4, 0.5) is 0 Å². The minimum absolute atomic E-state index is 0.276. The van der Waals surface area contributed by atoms with E-state index in [9.17, 15) is 0 Å². The maximum atomic E-state index is 5.39. The molecule has 0 radical (unpaired) electrons. The van der Waals surface area contributed by atoms with Gasteiger partial charge in [-0.3, -0.25) is 0 Å². The first kappa shape index (κ1) is 13.6. The number of hydrogen-bond acceptors (Lipinski definition) is 2. The van der Waals surface area contributed by atoms with Crippen LogP contribution in [0.2, 0.25) is 0 Å². The van der Waals surface area contributed by atoms with E-state index in [1.807, 2.05) is 0 Å². The summed E-state index contributed by atoms with van der Waals surface area (Å²) in [6.07, 6.45) is 9.38. The van der Waals surface area contributed by atoms with Crippen LogP contribution < -0.4 is 0 Å². The van der Waals surface area contributed by atoms with E-state index in [2.05, 4.69) is 32.9 Å². The van der Waals surface area contributed by atoms with Gasteiger partial charge in [0.1, 0.15) is 5.76 Å². The van der Waals surface area contributed by atoms with Gasteiger partial charge >= 0.3 is 0 Å². The first-order chi connectivity index (χ1) is 8.53. The Kier molecular flexibility index (Phi) is 4.14. The van der Waals surface area contributed by atoms with E-state index in [0.29, 0.717) is 0 Å². The van der Waals surface area contributed by atoms with Crippen molar-refractivity contribution in [1.82, 2.24) is 5.16 Å². The van der Waals surface area contributed by atoms with Gasteiger partial charge < -0.3 is 4.52 Å². The third-order valence-electron chi connectivity index (χ3n) is 4.74. The zero-order chi connectivity index (χ0) is 13.2. The van der Waals surface area contributed by atoms with Crippen LogP contribution in [0.5, 0.6) is 0 Å². The lowest BCUT2D eigenvalue weighted by Gasteiger charge is -2.29. The Hall–Kier alpha value is -0.790. The van der Waals surface area contributed by atoms with Crippen molar-refractivity contribution in [3.63, 3.8) is 0 Å². The second-order valence-corrected chi connectivity index (χ2v) is 6.50. The van der Waals surface area contributed by atoms with Crippen LogP contribution in [0.1, 0.15) is 75.8 Å². The Balaban J connectivity index is 2.22. The summed E-state index contributed by atoms with van der Waals surface area (Å²) >= 11 is 0. The third-order valence-corrected chi connectivity index (χ3v) is 4.74. The van der Waals surface area contributed by atoms with Crippen LogP contribution in [0.15, 0.2) is 4.52 Å². The number of aryl methyl sites for hydroxylation is 2. The molecule has 0 N–H and O–H groups in total. The normalized spacial score (nSPS) is 30.6. The standard InChI is InChI=1S/C16H27NO/c1-12-8-5-6-10-16(4,11-7-9-12)15-13(2)17-18-14(15)3/h12H,5-11H2,1-4H3. The molecule has 1 aliphatic carbocycles. The monoisotopic (exact) mass is 249 g/mol. The van der Waals surface area contributed by atoms with Crippen molar-refractivity contribution in [2.45, 2.75) is 78.1 Å². The highest BCUT2D eigenvalue weighted by Crippen LogP contribution is 2.40. The molecule has 102 valence electrons. The molecule has 0 spiro atoms. The van der Waals surface area contributed by atoms with Gasteiger partial charge in [-0.15, -0.1) is 0 Å². The van der Waals surface area contributed by atoms with Gasteiger partial charge in [0.2, 0.25) is 0 Å². The summed E-state index contributed by atoms with van der Waals surface area (Å²) in [6, 6.07) is 0. The minimum atomic E-state index is 0.276. The Morgan fingerprint density at radius 1 is 1.11 bits per heavy atom. The molecular formula is C16H27NO. The maximum absolute atomic E-state index is 5.39. The first-order valence-corrected chi connectivity index (χ1v) is 7.46. The molecule has 1 saturated carbocycles. The first-order valence-electron chi connectivity index (χ1n) is 7.46. The Bertz CT molecular complexity index is 376. The summed E-state index contributed by atoms with van der Waals surface area (Å²) in [6.45, 7) is 8.97. The largest absolute Gasteiger partial charge is 0.361 e. The van der Waals surface area contributed by atoms with Crippen LogP contribution in [0.3, 0.4) is 0 Å². The second-order valence-electron chi connectivity index (χ2n) is 6.50. The van der Waals surface area contributed by atoms with E-state index in [1.54, 1.807) is 0 Å². The number of aromatic nitrogens is 1. The van der Waals surface area contributed by atoms with Gasteiger partial charge in [0.25, 0.3) is 0 Å². The minimum Gasteiger partial charge on any atom is -0.361 e. The van der Waals surface area contributed by atoms with Gasteiger partial charge in [-0.05, 0) is 38.0 Å². The molecule has 1 fully saturated rings. The van der Waals surface area contributed by atoms with Crippen molar-refractivity contribution in [2.75, 3.05) is 0 Å². The zero-order valence-electron chi connectivity index (χ0n) is 12.4. The quantitative estimate of drug-likeness (QED) is 0.705. The average Bonchev–Trinajstić information content (AvgIpc) is 2.67. The molecule has 2 rings (SSSR count). The lowest BCUT2D eigenvalue weighted by molar-refractivity contribution is 0.360. The molecule has 0 amide bonds. The average molecular weight is 249 g/mol. The third kappa shape index (κ3) is 2.78. The van der Waals surface area contributed by atoms with Gasteiger partial charge in [-0.1, -0.05) is 51.1 Å². The van der Waals surface area contributed by atoms with E-state index in [-0.39, 0.29) is 5.41 Å². The SMILES string of the molecule is Cc1noc(C)c1C1(C)CCCCC(C)CCC1. The molecule has 0 aromatic carbocycles. The van der Waals surface area contributed by atoms with Crippen molar-refractivity contribution >= 4 is 0 Å². The van der Waals surface area contributed by atoms with Crippen LogP contribution >= 0.6 is 0 Å². The zero-order valence-corrected chi connectivity index (χ0v) is 12.4. The molecule has 2 unspecified atom stereocenters. The molecule has 0 saturated heterocycles. The molecule has 2 heteroatoms. The van der Waals surface area contributed by atoms with E-state index in [4.69, 9.17) is 4.52 Å². The lowest BCUT2D eigenvalue weighted by Crippen LogP contribution is -2.23. The molecule has 18 heavy (non-hydrogen) atoms. The van der Waals surface area contributed by atoms with Gasteiger partial charge in [0, 0.05) is 5.56 Å².